The number of hydrogen-bond acceptors (Lipinski definition) is 2. The van der Waals surface area contributed by atoms with Crippen molar-refractivity contribution in [3.05, 3.63) is 0 Å². The number of likely N-dealkylation sites (N-methyl/N-ethyl adjacent to an activating group) is 1. The molecular formula is C9H18N2O. The zero-order chi connectivity index (χ0) is 8.97. The molecule has 1 N–H and O–H groups in total. The lowest BCUT2D eigenvalue weighted by molar-refractivity contribution is -0.125. The van der Waals surface area contributed by atoms with E-state index in [0.29, 0.717) is 0 Å². The van der Waals surface area contributed by atoms with Gasteiger partial charge >= 0.3 is 0 Å². The van der Waals surface area contributed by atoms with Gasteiger partial charge in [-0.05, 0) is 32.9 Å². The largest absolute Gasteiger partial charge is 0.355 e. The predicted octanol–water partition coefficient (Wildman–Crippen LogP) is 0.607. The van der Waals surface area contributed by atoms with Crippen LogP contribution in [-0.2, 0) is 4.79 Å². The normalized spacial score (nSPS) is 25.2. The minimum Gasteiger partial charge on any atom is -0.355 e. The molecule has 1 aliphatic rings. The van der Waals surface area contributed by atoms with Crippen molar-refractivity contribution in [2.75, 3.05) is 20.1 Å². The molecule has 3 heteroatoms. The van der Waals surface area contributed by atoms with Crippen LogP contribution in [0.15, 0.2) is 0 Å². The zero-order valence-electron chi connectivity index (χ0n) is 7.97. The van der Waals surface area contributed by atoms with Crippen molar-refractivity contribution in [2.45, 2.75) is 32.2 Å². The number of carbonyl (C=O) groups excluding carboxylic acids is 1. The first-order valence-corrected chi connectivity index (χ1v) is 4.73. The number of nitrogens with zero attached hydrogens (tertiary/aromatic N) is 1. The van der Waals surface area contributed by atoms with E-state index in [4.69, 9.17) is 0 Å². The Hall–Kier alpha value is -0.570. The van der Waals surface area contributed by atoms with Crippen molar-refractivity contribution >= 4 is 5.91 Å². The maximum atomic E-state index is 11.5. The Kier molecular flexibility index (Phi) is 3.53. The summed E-state index contributed by atoms with van der Waals surface area (Å²) in [6.07, 6.45) is 3.30. The summed E-state index contributed by atoms with van der Waals surface area (Å²) >= 11 is 0. The number of hydrogen-bond donors (Lipinski definition) is 1. The molecule has 0 bridgehead atoms. The lowest BCUT2D eigenvalue weighted by atomic mass is 10.1. The van der Waals surface area contributed by atoms with Gasteiger partial charge in [-0.3, -0.25) is 9.69 Å². The second-order valence-electron chi connectivity index (χ2n) is 3.38. The zero-order valence-corrected chi connectivity index (χ0v) is 7.97. The van der Waals surface area contributed by atoms with Gasteiger partial charge in [0.2, 0.25) is 5.91 Å². The molecule has 3 nitrogen and oxygen atoms in total. The second-order valence-corrected chi connectivity index (χ2v) is 3.38. The van der Waals surface area contributed by atoms with Gasteiger partial charge in [-0.15, -0.1) is 0 Å². The van der Waals surface area contributed by atoms with E-state index in [2.05, 4.69) is 17.1 Å². The molecule has 1 unspecified atom stereocenters. The summed E-state index contributed by atoms with van der Waals surface area (Å²) < 4.78 is 0. The summed E-state index contributed by atoms with van der Waals surface area (Å²) in [5.74, 6) is 0.205. The summed E-state index contributed by atoms with van der Waals surface area (Å²) in [7, 11) is 2.01. The Labute approximate surface area is 74.1 Å². The molecule has 1 heterocycles. The van der Waals surface area contributed by atoms with Gasteiger partial charge in [0.25, 0.3) is 0 Å². The summed E-state index contributed by atoms with van der Waals surface area (Å²) in [6, 6.07) is 0.109. The standard InChI is InChI=1S/C9H18N2O/c1-3-11(2)8-6-4-5-7-10-9(8)12/h8H,3-7H2,1-2H3,(H,10,12). The van der Waals surface area contributed by atoms with E-state index in [-0.39, 0.29) is 11.9 Å². The summed E-state index contributed by atoms with van der Waals surface area (Å²) in [5, 5.41) is 2.93. The maximum absolute atomic E-state index is 11.5. The SMILES string of the molecule is CCN(C)C1CCCCNC1=O. The van der Waals surface area contributed by atoms with E-state index < -0.39 is 0 Å². The third-order valence-corrected chi connectivity index (χ3v) is 2.54. The molecule has 1 amide bonds. The van der Waals surface area contributed by atoms with Crippen LogP contribution >= 0.6 is 0 Å². The van der Waals surface area contributed by atoms with Gasteiger partial charge in [0.1, 0.15) is 0 Å². The molecule has 0 saturated carbocycles. The van der Waals surface area contributed by atoms with Gasteiger partial charge in [-0.2, -0.15) is 0 Å². The lowest BCUT2D eigenvalue weighted by Gasteiger charge is -2.23. The smallest absolute Gasteiger partial charge is 0.237 e. The van der Waals surface area contributed by atoms with Crippen molar-refractivity contribution in [1.82, 2.24) is 10.2 Å². The van der Waals surface area contributed by atoms with Gasteiger partial charge in [-0.25, -0.2) is 0 Å². The highest BCUT2D eigenvalue weighted by Gasteiger charge is 2.23. The monoisotopic (exact) mass is 170 g/mol. The molecule has 1 aliphatic heterocycles. The van der Waals surface area contributed by atoms with Crippen LogP contribution in [0.3, 0.4) is 0 Å². The fraction of sp³-hybridized carbons (Fsp3) is 0.889. The van der Waals surface area contributed by atoms with E-state index in [0.717, 1.165) is 32.4 Å². The molecule has 0 aliphatic carbocycles. The number of amides is 1. The van der Waals surface area contributed by atoms with Gasteiger partial charge in [0.15, 0.2) is 0 Å². The highest BCUT2D eigenvalue weighted by atomic mass is 16.2. The number of nitrogens with one attached hydrogen (secondary N) is 1. The topological polar surface area (TPSA) is 32.3 Å². The van der Waals surface area contributed by atoms with Crippen molar-refractivity contribution in [3.8, 4) is 0 Å². The lowest BCUT2D eigenvalue weighted by Crippen LogP contribution is -2.43. The Bertz CT molecular complexity index is 159. The minimum absolute atomic E-state index is 0.109. The van der Waals surface area contributed by atoms with Gasteiger partial charge in [-0.1, -0.05) is 6.92 Å². The first kappa shape index (κ1) is 9.52. The van der Waals surface area contributed by atoms with Crippen molar-refractivity contribution in [2.24, 2.45) is 0 Å². The molecule has 0 radical (unpaired) electrons. The molecule has 12 heavy (non-hydrogen) atoms. The molecule has 1 atom stereocenters. The van der Waals surface area contributed by atoms with Crippen LogP contribution in [0.2, 0.25) is 0 Å². The molecule has 1 fully saturated rings. The number of carbonyl (C=O) groups is 1. The van der Waals surface area contributed by atoms with Gasteiger partial charge in [0.05, 0.1) is 6.04 Å². The minimum atomic E-state index is 0.109. The Morgan fingerprint density at radius 3 is 3.00 bits per heavy atom. The van der Waals surface area contributed by atoms with E-state index in [9.17, 15) is 4.79 Å². The third kappa shape index (κ3) is 2.21. The van der Waals surface area contributed by atoms with Crippen LogP contribution in [0.5, 0.6) is 0 Å². The van der Waals surface area contributed by atoms with Crippen LogP contribution < -0.4 is 5.32 Å². The maximum Gasteiger partial charge on any atom is 0.237 e. The molecule has 0 aromatic rings. The highest BCUT2D eigenvalue weighted by molar-refractivity contribution is 5.81. The first-order valence-electron chi connectivity index (χ1n) is 4.73. The van der Waals surface area contributed by atoms with E-state index in [1.54, 1.807) is 0 Å². The van der Waals surface area contributed by atoms with Crippen LogP contribution in [0, 0.1) is 0 Å². The summed E-state index contributed by atoms with van der Waals surface area (Å²) in [4.78, 5) is 13.6. The molecule has 0 spiro atoms. The molecular weight excluding hydrogens is 152 g/mol. The number of rotatable bonds is 2. The molecule has 0 aromatic carbocycles. The fourth-order valence-corrected chi connectivity index (χ4v) is 1.56. The second kappa shape index (κ2) is 4.45. The quantitative estimate of drug-likeness (QED) is 0.658. The molecule has 70 valence electrons. The van der Waals surface area contributed by atoms with Gasteiger partial charge in [0, 0.05) is 6.54 Å². The van der Waals surface area contributed by atoms with Crippen molar-refractivity contribution in [3.63, 3.8) is 0 Å². The molecule has 1 saturated heterocycles. The van der Waals surface area contributed by atoms with Crippen LogP contribution in [0.1, 0.15) is 26.2 Å². The van der Waals surface area contributed by atoms with Gasteiger partial charge < -0.3 is 5.32 Å². The summed E-state index contributed by atoms with van der Waals surface area (Å²) in [5.41, 5.74) is 0. The molecule has 1 rings (SSSR count). The average Bonchev–Trinajstić information content (AvgIpc) is 2.28. The van der Waals surface area contributed by atoms with Crippen LogP contribution in [0.4, 0.5) is 0 Å². The molecule has 0 aromatic heterocycles. The van der Waals surface area contributed by atoms with Crippen LogP contribution in [0.25, 0.3) is 0 Å². The summed E-state index contributed by atoms with van der Waals surface area (Å²) in [6.45, 7) is 3.88. The van der Waals surface area contributed by atoms with E-state index in [1.165, 1.54) is 0 Å². The Morgan fingerprint density at radius 2 is 2.33 bits per heavy atom. The predicted molar refractivity (Wildman–Crippen MR) is 49.0 cm³/mol. The van der Waals surface area contributed by atoms with E-state index in [1.807, 2.05) is 7.05 Å². The van der Waals surface area contributed by atoms with Crippen molar-refractivity contribution in [1.29, 1.82) is 0 Å². The highest BCUT2D eigenvalue weighted by Crippen LogP contribution is 2.10. The first-order chi connectivity index (χ1) is 5.75. The van der Waals surface area contributed by atoms with E-state index >= 15 is 0 Å². The van der Waals surface area contributed by atoms with Crippen LogP contribution in [-0.4, -0.2) is 37.0 Å². The Morgan fingerprint density at radius 1 is 1.58 bits per heavy atom. The third-order valence-electron chi connectivity index (χ3n) is 2.54. The Balaban J connectivity index is 2.52. The van der Waals surface area contributed by atoms with Crippen molar-refractivity contribution < 1.29 is 4.79 Å². The fourth-order valence-electron chi connectivity index (χ4n) is 1.56. The average molecular weight is 170 g/mol.